The zero-order valence-electron chi connectivity index (χ0n) is 13.9. The lowest BCUT2D eigenvalue weighted by atomic mass is 10.0. The van der Waals surface area contributed by atoms with E-state index in [9.17, 15) is 4.79 Å². The van der Waals surface area contributed by atoms with Gasteiger partial charge in [0.15, 0.2) is 0 Å². The summed E-state index contributed by atoms with van der Waals surface area (Å²) < 4.78 is 16.0. The Hall–Kier alpha value is -2.64. The summed E-state index contributed by atoms with van der Waals surface area (Å²) in [6.07, 6.45) is 1.57. The van der Waals surface area contributed by atoms with Gasteiger partial charge < -0.3 is 19.2 Å². The zero-order chi connectivity index (χ0) is 17.6. The predicted octanol–water partition coefficient (Wildman–Crippen LogP) is 3.41. The lowest BCUT2D eigenvalue weighted by Gasteiger charge is -2.19. The predicted molar refractivity (Wildman–Crippen MR) is 93.8 cm³/mol. The molecular weight excluding hydrogens is 340 g/mol. The van der Waals surface area contributed by atoms with E-state index in [0.29, 0.717) is 23.8 Å². The van der Waals surface area contributed by atoms with Gasteiger partial charge in [0.25, 0.3) is 5.91 Å². The Morgan fingerprint density at radius 2 is 2.12 bits per heavy atom. The Labute approximate surface area is 149 Å². The summed E-state index contributed by atoms with van der Waals surface area (Å²) in [6, 6.07) is 10.6. The number of methoxy groups -OCH3 is 2. The van der Waals surface area contributed by atoms with Gasteiger partial charge >= 0.3 is 0 Å². The van der Waals surface area contributed by atoms with E-state index >= 15 is 0 Å². The minimum absolute atomic E-state index is 0.286. The monoisotopic (exact) mass is 358 g/mol. The fourth-order valence-corrected chi connectivity index (χ4v) is 3.22. The standard InChI is InChI=1S/C18H18N2O4S/c1-22-10-16-19-13(11-25-16)18(21)20-17(15-8-5-9-24-15)12-6-3-4-7-14(12)23-2/h3-9,11,17H,10H2,1-2H3,(H,20,21). The third-order valence-corrected chi connectivity index (χ3v) is 4.43. The van der Waals surface area contributed by atoms with Crippen LogP contribution < -0.4 is 10.1 Å². The maximum Gasteiger partial charge on any atom is 0.271 e. The highest BCUT2D eigenvalue weighted by atomic mass is 32.1. The van der Waals surface area contributed by atoms with Crippen molar-refractivity contribution in [3.63, 3.8) is 0 Å². The average Bonchev–Trinajstić information content (AvgIpc) is 3.32. The number of carbonyl (C=O) groups excluding carboxylic acids is 1. The average molecular weight is 358 g/mol. The van der Waals surface area contributed by atoms with Crippen LogP contribution in [-0.4, -0.2) is 25.1 Å². The Kier molecular flexibility index (Phi) is 5.47. The van der Waals surface area contributed by atoms with Crippen molar-refractivity contribution in [3.8, 4) is 5.75 Å². The van der Waals surface area contributed by atoms with Crippen molar-refractivity contribution in [1.29, 1.82) is 0 Å². The zero-order valence-corrected chi connectivity index (χ0v) is 14.7. The van der Waals surface area contributed by atoms with Crippen LogP contribution in [0.4, 0.5) is 0 Å². The van der Waals surface area contributed by atoms with Crippen molar-refractivity contribution < 1.29 is 18.7 Å². The van der Waals surface area contributed by atoms with Crippen molar-refractivity contribution in [1.82, 2.24) is 10.3 Å². The number of benzene rings is 1. The van der Waals surface area contributed by atoms with E-state index in [1.54, 1.807) is 31.9 Å². The first-order valence-corrected chi connectivity index (χ1v) is 8.51. The fraction of sp³-hybridized carbons (Fsp3) is 0.222. The third-order valence-electron chi connectivity index (χ3n) is 3.61. The second-order valence-corrected chi connectivity index (χ2v) is 6.17. The van der Waals surface area contributed by atoms with Gasteiger partial charge in [-0.3, -0.25) is 4.79 Å². The molecule has 0 spiro atoms. The lowest BCUT2D eigenvalue weighted by molar-refractivity contribution is 0.0933. The molecule has 1 amide bonds. The highest BCUT2D eigenvalue weighted by Crippen LogP contribution is 2.30. The number of para-hydroxylation sites is 1. The van der Waals surface area contributed by atoms with Crippen LogP contribution in [0, 0.1) is 0 Å². The first-order chi connectivity index (χ1) is 12.2. The molecule has 7 heteroatoms. The second-order valence-electron chi connectivity index (χ2n) is 5.22. The van der Waals surface area contributed by atoms with E-state index in [1.807, 2.05) is 30.3 Å². The van der Waals surface area contributed by atoms with Gasteiger partial charge in [-0.2, -0.15) is 0 Å². The Morgan fingerprint density at radius 1 is 1.28 bits per heavy atom. The van der Waals surface area contributed by atoms with Crippen molar-refractivity contribution in [2.45, 2.75) is 12.6 Å². The van der Waals surface area contributed by atoms with Crippen molar-refractivity contribution in [3.05, 3.63) is 70.1 Å². The van der Waals surface area contributed by atoms with Gasteiger partial charge in [-0.15, -0.1) is 11.3 Å². The van der Waals surface area contributed by atoms with Crippen molar-refractivity contribution >= 4 is 17.2 Å². The topological polar surface area (TPSA) is 73.6 Å². The molecular formula is C18H18N2O4S. The molecule has 6 nitrogen and oxygen atoms in total. The molecule has 0 fully saturated rings. The molecule has 1 N–H and O–H groups in total. The molecule has 25 heavy (non-hydrogen) atoms. The molecule has 2 heterocycles. The van der Waals surface area contributed by atoms with Crippen LogP contribution in [0.15, 0.2) is 52.5 Å². The fourth-order valence-electron chi connectivity index (χ4n) is 2.47. The smallest absolute Gasteiger partial charge is 0.271 e. The maximum atomic E-state index is 12.7. The molecule has 0 bridgehead atoms. The van der Waals surface area contributed by atoms with Gasteiger partial charge in [0, 0.05) is 18.1 Å². The normalized spacial score (nSPS) is 11.9. The van der Waals surface area contributed by atoms with E-state index in [0.717, 1.165) is 10.6 Å². The number of nitrogens with one attached hydrogen (secondary N) is 1. The molecule has 3 aromatic rings. The molecule has 1 aromatic carbocycles. The van der Waals surface area contributed by atoms with Crippen LogP contribution in [0.2, 0.25) is 0 Å². The van der Waals surface area contributed by atoms with Gasteiger partial charge in [-0.25, -0.2) is 4.98 Å². The van der Waals surface area contributed by atoms with E-state index in [-0.39, 0.29) is 5.91 Å². The molecule has 0 aliphatic carbocycles. The van der Waals surface area contributed by atoms with E-state index in [4.69, 9.17) is 13.9 Å². The van der Waals surface area contributed by atoms with E-state index in [1.165, 1.54) is 11.3 Å². The van der Waals surface area contributed by atoms with Crippen molar-refractivity contribution in [2.75, 3.05) is 14.2 Å². The van der Waals surface area contributed by atoms with E-state index in [2.05, 4.69) is 10.3 Å². The number of thiazole rings is 1. The van der Waals surface area contributed by atoms with Crippen LogP contribution in [0.1, 0.15) is 32.9 Å². The largest absolute Gasteiger partial charge is 0.496 e. The summed E-state index contributed by atoms with van der Waals surface area (Å²) >= 11 is 1.39. The number of hydrogen-bond acceptors (Lipinski definition) is 6. The molecule has 1 atom stereocenters. The number of hydrogen-bond donors (Lipinski definition) is 1. The molecule has 0 aliphatic heterocycles. The number of aromatic nitrogens is 1. The molecule has 3 rings (SSSR count). The summed E-state index contributed by atoms with van der Waals surface area (Å²) in [4.78, 5) is 16.9. The maximum absolute atomic E-state index is 12.7. The number of carbonyl (C=O) groups is 1. The number of ether oxygens (including phenoxy) is 2. The lowest BCUT2D eigenvalue weighted by Crippen LogP contribution is -2.29. The van der Waals surface area contributed by atoms with E-state index < -0.39 is 6.04 Å². The van der Waals surface area contributed by atoms with Gasteiger partial charge in [-0.1, -0.05) is 18.2 Å². The number of furan rings is 1. The quantitative estimate of drug-likeness (QED) is 0.701. The first-order valence-electron chi connectivity index (χ1n) is 7.63. The van der Waals surface area contributed by atoms with Crippen LogP contribution in [-0.2, 0) is 11.3 Å². The summed E-state index contributed by atoms with van der Waals surface area (Å²) in [5.41, 5.74) is 1.16. The summed E-state index contributed by atoms with van der Waals surface area (Å²) in [7, 11) is 3.19. The van der Waals surface area contributed by atoms with Crippen molar-refractivity contribution in [2.24, 2.45) is 0 Å². The SMILES string of the molecule is COCc1nc(C(=O)NC(c2ccco2)c2ccccc2OC)cs1. The minimum Gasteiger partial charge on any atom is -0.496 e. The molecule has 0 saturated carbocycles. The first kappa shape index (κ1) is 17.2. The highest BCUT2D eigenvalue weighted by Gasteiger charge is 2.24. The Bertz CT molecular complexity index is 829. The number of nitrogens with zero attached hydrogens (tertiary/aromatic N) is 1. The number of amides is 1. The summed E-state index contributed by atoms with van der Waals surface area (Å²) in [5.74, 6) is 0.999. The van der Waals surface area contributed by atoms with Gasteiger partial charge in [0.1, 0.15) is 28.3 Å². The molecule has 130 valence electrons. The van der Waals surface area contributed by atoms with Crippen LogP contribution >= 0.6 is 11.3 Å². The highest BCUT2D eigenvalue weighted by molar-refractivity contribution is 7.09. The molecule has 0 saturated heterocycles. The van der Waals surface area contributed by atoms with Gasteiger partial charge in [0.05, 0.1) is 20.0 Å². The Balaban J connectivity index is 1.89. The van der Waals surface area contributed by atoms with Crippen LogP contribution in [0.3, 0.4) is 0 Å². The second kappa shape index (κ2) is 7.96. The van der Waals surface area contributed by atoms with Gasteiger partial charge in [-0.05, 0) is 18.2 Å². The molecule has 1 unspecified atom stereocenters. The van der Waals surface area contributed by atoms with Crippen LogP contribution in [0.25, 0.3) is 0 Å². The Morgan fingerprint density at radius 3 is 2.84 bits per heavy atom. The minimum atomic E-state index is -0.480. The van der Waals surface area contributed by atoms with Crippen LogP contribution in [0.5, 0.6) is 5.75 Å². The molecule has 0 radical (unpaired) electrons. The third kappa shape index (κ3) is 3.89. The number of rotatable bonds is 7. The summed E-state index contributed by atoms with van der Waals surface area (Å²) in [6.45, 7) is 0.381. The molecule has 0 aliphatic rings. The molecule has 2 aromatic heterocycles. The summed E-state index contributed by atoms with van der Waals surface area (Å²) in [5, 5.41) is 5.44. The van der Waals surface area contributed by atoms with Gasteiger partial charge in [0.2, 0.25) is 0 Å².